The molecule has 2 saturated heterocycles. The van der Waals surface area contributed by atoms with Crippen LogP contribution in [0.15, 0.2) is 33.1 Å². The minimum atomic E-state index is 0.288. The Morgan fingerprint density at radius 1 is 0.957 bits per heavy atom. The first-order valence-electron chi connectivity index (χ1n) is 8.36. The zero-order valence-electron chi connectivity index (χ0n) is 13.8. The zero-order valence-corrected chi connectivity index (χ0v) is 13.8. The van der Waals surface area contributed by atoms with Crippen LogP contribution in [0.3, 0.4) is 0 Å². The first kappa shape index (κ1) is 15.0. The summed E-state index contributed by atoms with van der Waals surface area (Å²) in [6.07, 6.45) is 0.288. The van der Waals surface area contributed by atoms with Gasteiger partial charge in [0.1, 0.15) is 23.0 Å². The number of furan rings is 2. The van der Waals surface area contributed by atoms with Crippen molar-refractivity contribution in [3.63, 3.8) is 0 Å². The molecule has 0 amide bonds. The molecule has 5 nitrogen and oxygen atoms in total. The highest BCUT2D eigenvalue weighted by atomic mass is 16.5. The van der Waals surface area contributed by atoms with Gasteiger partial charge in [0.2, 0.25) is 0 Å². The van der Waals surface area contributed by atoms with Gasteiger partial charge in [-0.3, -0.25) is 9.80 Å². The van der Waals surface area contributed by atoms with Crippen LogP contribution >= 0.6 is 0 Å². The maximum atomic E-state index is 6.00. The van der Waals surface area contributed by atoms with Gasteiger partial charge < -0.3 is 13.6 Å². The quantitative estimate of drug-likeness (QED) is 0.867. The monoisotopic (exact) mass is 316 g/mol. The molecule has 124 valence electrons. The topological polar surface area (TPSA) is 42.0 Å². The number of aryl methyl sites for hydroxylation is 2. The lowest BCUT2D eigenvalue weighted by Gasteiger charge is -2.36. The molecule has 23 heavy (non-hydrogen) atoms. The maximum absolute atomic E-state index is 6.00. The van der Waals surface area contributed by atoms with E-state index < -0.39 is 0 Å². The molecule has 5 heteroatoms. The molecule has 4 rings (SSSR count). The molecule has 0 bridgehead atoms. The van der Waals surface area contributed by atoms with Gasteiger partial charge in [-0.05, 0) is 38.1 Å². The van der Waals surface area contributed by atoms with Crippen molar-refractivity contribution < 1.29 is 13.6 Å². The fourth-order valence-electron chi connectivity index (χ4n) is 3.72. The van der Waals surface area contributed by atoms with Crippen LogP contribution in [-0.4, -0.2) is 48.2 Å². The Labute approximate surface area is 136 Å². The number of likely N-dealkylation sites (tertiary alicyclic amines) is 1. The van der Waals surface area contributed by atoms with Crippen LogP contribution in [0.2, 0.25) is 0 Å². The Balaban J connectivity index is 1.41. The number of ether oxygens (including phenoxy) is 1. The minimum Gasteiger partial charge on any atom is -0.465 e. The maximum Gasteiger partial charge on any atom is 0.118 e. The molecule has 2 aromatic heterocycles. The molecule has 2 aliphatic heterocycles. The molecule has 0 unspecified atom stereocenters. The summed E-state index contributed by atoms with van der Waals surface area (Å²) in [6, 6.07) is 8.65. The van der Waals surface area contributed by atoms with E-state index >= 15 is 0 Å². The highest BCUT2D eigenvalue weighted by Crippen LogP contribution is 2.26. The van der Waals surface area contributed by atoms with Crippen LogP contribution in [0, 0.1) is 13.8 Å². The SMILES string of the molecule is Cc1ccc(CN2C[C@@H]3OCCN(Cc4ccc(C)o4)[C@@H]3C2)o1. The van der Waals surface area contributed by atoms with Gasteiger partial charge in [-0.2, -0.15) is 0 Å². The number of morpholine rings is 1. The summed E-state index contributed by atoms with van der Waals surface area (Å²) in [6.45, 7) is 9.47. The number of nitrogens with zero attached hydrogens (tertiary/aromatic N) is 2. The molecule has 0 spiro atoms. The van der Waals surface area contributed by atoms with Gasteiger partial charge in [-0.25, -0.2) is 0 Å². The highest BCUT2D eigenvalue weighted by Gasteiger charge is 2.40. The van der Waals surface area contributed by atoms with Crippen LogP contribution in [0.25, 0.3) is 0 Å². The van der Waals surface area contributed by atoms with Crippen molar-refractivity contribution in [1.29, 1.82) is 0 Å². The summed E-state index contributed by atoms with van der Waals surface area (Å²) >= 11 is 0. The van der Waals surface area contributed by atoms with Crippen LogP contribution in [-0.2, 0) is 17.8 Å². The second kappa shape index (κ2) is 6.15. The highest BCUT2D eigenvalue weighted by molar-refractivity contribution is 5.08. The van der Waals surface area contributed by atoms with Crippen molar-refractivity contribution in [3.8, 4) is 0 Å². The van der Waals surface area contributed by atoms with Crippen molar-refractivity contribution in [1.82, 2.24) is 9.80 Å². The van der Waals surface area contributed by atoms with Crippen molar-refractivity contribution in [3.05, 3.63) is 47.3 Å². The summed E-state index contributed by atoms with van der Waals surface area (Å²) in [4.78, 5) is 4.93. The minimum absolute atomic E-state index is 0.288. The molecule has 2 atom stereocenters. The van der Waals surface area contributed by atoms with Crippen LogP contribution < -0.4 is 0 Å². The molecule has 0 aromatic carbocycles. The largest absolute Gasteiger partial charge is 0.465 e. The molecule has 2 aliphatic rings. The van der Waals surface area contributed by atoms with E-state index in [-0.39, 0.29) is 6.10 Å². The second-order valence-corrected chi connectivity index (χ2v) is 6.67. The number of hydrogen-bond acceptors (Lipinski definition) is 5. The number of hydrogen-bond donors (Lipinski definition) is 0. The van der Waals surface area contributed by atoms with E-state index in [4.69, 9.17) is 13.6 Å². The number of rotatable bonds is 4. The third-order valence-corrected chi connectivity index (χ3v) is 4.82. The molecule has 4 heterocycles. The molecule has 0 N–H and O–H groups in total. The van der Waals surface area contributed by atoms with Gasteiger partial charge in [0.05, 0.1) is 31.8 Å². The lowest BCUT2D eigenvalue weighted by molar-refractivity contribution is -0.0523. The van der Waals surface area contributed by atoms with Gasteiger partial charge >= 0.3 is 0 Å². The van der Waals surface area contributed by atoms with Gasteiger partial charge in [0.15, 0.2) is 0 Å². The molecule has 2 fully saturated rings. The van der Waals surface area contributed by atoms with E-state index in [1.165, 1.54) is 0 Å². The Kier molecular flexibility index (Phi) is 4.01. The average Bonchev–Trinajstić information content (AvgIpc) is 3.21. The summed E-state index contributed by atoms with van der Waals surface area (Å²) in [7, 11) is 0. The Morgan fingerprint density at radius 3 is 2.30 bits per heavy atom. The van der Waals surface area contributed by atoms with Crippen molar-refractivity contribution in [2.24, 2.45) is 0 Å². The Bertz CT molecular complexity index is 663. The van der Waals surface area contributed by atoms with E-state index in [0.29, 0.717) is 6.04 Å². The van der Waals surface area contributed by atoms with Gasteiger partial charge in [-0.15, -0.1) is 0 Å². The van der Waals surface area contributed by atoms with Crippen molar-refractivity contribution in [2.45, 2.75) is 39.1 Å². The number of fused-ring (bicyclic) bond motifs is 1. The van der Waals surface area contributed by atoms with E-state index in [9.17, 15) is 0 Å². The summed E-state index contributed by atoms with van der Waals surface area (Å²) in [5, 5.41) is 0. The molecule has 2 aromatic rings. The molecular formula is C18H24N2O3. The van der Waals surface area contributed by atoms with Crippen LogP contribution in [0.4, 0.5) is 0 Å². The van der Waals surface area contributed by atoms with Crippen molar-refractivity contribution >= 4 is 0 Å². The van der Waals surface area contributed by atoms with Crippen LogP contribution in [0.5, 0.6) is 0 Å². The third-order valence-electron chi connectivity index (χ3n) is 4.82. The summed E-state index contributed by atoms with van der Waals surface area (Å²) in [5.74, 6) is 4.03. The van der Waals surface area contributed by atoms with E-state index in [1.54, 1.807) is 0 Å². The fourth-order valence-corrected chi connectivity index (χ4v) is 3.72. The predicted octanol–water partition coefficient (Wildman–Crippen LogP) is 2.57. The first-order chi connectivity index (χ1) is 11.2. The predicted molar refractivity (Wildman–Crippen MR) is 86.1 cm³/mol. The Hall–Kier alpha value is -1.56. The van der Waals surface area contributed by atoms with E-state index in [1.807, 2.05) is 26.0 Å². The molecule has 0 saturated carbocycles. The average molecular weight is 316 g/mol. The molecule has 0 aliphatic carbocycles. The van der Waals surface area contributed by atoms with Gasteiger partial charge in [0.25, 0.3) is 0 Å². The summed E-state index contributed by atoms with van der Waals surface area (Å²) < 4.78 is 17.5. The van der Waals surface area contributed by atoms with Gasteiger partial charge in [-0.1, -0.05) is 0 Å². The lowest BCUT2D eigenvalue weighted by atomic mass is 10.1. The van der Waals surface area contributed by atoms with E-state index in [0.717, 1.165) is 62.4 Å². The fraction of sp³-hybridized carbons (Fsp3) is 0.556. The third kappa shape index (κ3) is 3.22. The Morgan fingerprint density at radius 2 is 1.65 bits per heavy atom. The lowest BCUT2D eigenvalue weighted by Crippen LogP contribution is -2.50. The molecule has 0 radical (unpaired) electrons. The second-order valence-electron chi connectivity index (χ2n) is 6.67. The van der Waals surface area contributed by atoms with E-state index in [2.05, 4.69) is 21.9 Å². The zero-order chi connectivity index (χ0) is 15.8. The molecular weight excluding hydrogens is 292 g/mol. The van der Waals surface area contributed by atoms with Crippen molar-refractivity contribution in [2.75, 3.05) is 26.2 Å². The summed E-state index contributed by atoms with van der Waals surface area (Å²) in [5.41, 5.74) is 0. The standard InChI is InChI=1S/C18H24N2O3/c1-13-3-5-15(22-13)9-19-11-17-18(12-19)21-8-7-20(17)10-16-6-4-14(2)23-16/h3-6,17-18H,7-12H2,1-2H3/t17-,18+/m1/s1. The first-order valence-corrected chi connectivity index (χ1v) is 8.36. The smallest absolute Gasteiger partial charge is 0.118 e. The van der Waals surface area contributed by atoms with Crippen LogP contribution in [0.1, 0.15) is 23.0 Å². The van der Waals surface area contributed by atoms with Gasteiger partial charge in [0, 0.05) is 19.6 Å². The normalized spacial score (nSPS) is 25.8.